The number of thioether (sulfide) groups is 1. The molecule has 2 heterocycles. The Morgan fingerprint density at radius 1 is 1.15 bits per heavy atom. The van der Waals surface area contributed by atoms with Crippen LogP contribution in [0.3, 0.4) is 0 Å². The molecule has 0 bridgehead atoms. The summed E-state index contributed by atoms with van der Waals surface area (Å²) in [6, 6.07) is 14.5. The van der Waals surface area contributed by atoms with E-state index in [1.54, 1.807) is 11.8 Å². The fourth-order valence-electron chi connectivity index (χ4n) is 4.25. The minimum Gasteiger partial charge on any atom is -0.279 e. The predicted molar refractivity (Wildman–Crippen MR) is 112 cm³/mol. The van der Waals surface area contributed by atoms with Crippen molar-refractivity contribution < 1.29 is 4.79 Å². The van der Waals surface area contributed by atoms with Gasteiger partial charge in [-0.15, -0.1) is 0 Å². The number of hydrogen-bond acceptors (Lipinski definition) is 3. The number of halogens is 1. The number of nitrogens with zero attached hydrogens (tertiary/aromatic N) is 2. The SMILES string of the molecule is Cc1ccc2c(c1)C1=C(CCC2)C(c2ccc(Cl)cc2)N2C(=O)CSC2=N1. The lowest BCUT2D eigenvalue weighted by Crippen LogP contribution is -2.37. The molecule has 1 amide bonds. The van der Waals surface area contributed by atoms with E-state index in [1.807, 2.05) is 29.2 Å². The molecule has 1 aliphatic carbocycles. The Bertz CT molecular complexity index is 1010. The lowest BCUT2D eigenvalue weighted by Gasteiger charge is -2.34. The Hall–Kier alpha value is -2.04. The van der Waals surface area contributed by atoms with E-state index in [0.29, 0.717) is 10.8 Å². The van der Waals surface area contributed by atoms with Gasteiger partial charge < -0.3 is 0 Å². The van der Waals surface area contributed by atoms with E-state index in [4.69, 9.17) is 16.6 Å². The Balaban J connectivity index is 1.74. The maximum Gasteiger partial charge on any atom is 0.239 e. The lowest BCUT2D eigenvalue weighted by molar-refractivity contribution is -0.125. The summed E-state index contributed by atoms with van der Waals surface area (Å²) in [7, 11) is 0. The third kappa shape index (κ3) is 2.82. The van der Waals surface area contributed by atoms with Crippen LogP contribution in [0.5, 0.6) is 0 Å². The van der Waals surface area contributed by atoms with Gasteiger partial charge in [-0.3, -0.25) is 9.69 Å². The number of benzene rings is 2. The highest BCUT2D eigenvalue weighted by atomic mass is 35.5. The molecule has 1 saturated heterocycles. The third-order valence-electron chi connectivity index (χ3n) is 5.50. The monoisotopic (exact) mass is 394 g/mol. The van der Waals surface area contributed by atoms with Crippen molar-refractivity contribution in [3.8, 4) is 0 Å². The zero-order valence-electron chi connectivity index (χ0n) is 15.0. The molecule has 3 aliphatic rings. The van der Waals surface area contributed by atoms with E-state index in [0.717, 1.165) is 35.7 Å². The molecular weight excluding hydrogens is 376 g/mol. The van der Waals surface area contributed by atoms with Gasteiger partial charge in [-0.05, 0) is 61.1 Å². The number of hydrogen-bond donors (Lipinski definition) is 0. The Kier molecular flexibility index (Phi) is 4.14. The van der Waals surface area contributed by atoms with Crippen LogP contribution in [0.1, 0.15) is 41.1 Å². The number of carbonyl (C=O) groups is 1. The fraction of sp³-hybridized carbons (Fsp3) is 0.273. The summed E-state index contributed by atoms with van der Waals surface area (Å²) in [6.07, 6.45) is 3.06. The van der Waals surface area contributed by atoms with Gasteiger partial charge in [0.05, 0.1) is 17.5 Å². The van der Waals surface area contributed by atoms with Crippen LogP contribution in [-0.2, 0) is 11.2 Å². The number of aryl methyl sites for hydroxylation is 2. The van der Waals surface area contributed by atoms with Crippen LogP contribution in [-0.4, -0.2) is 21.7 Å². The first-order valence-electron chi connectivity index (χ1n) is 9.24. The van der Waals surface area contributed by atoms with Gasteiger partial charge in [0.1, 0.15) is 0 Å². The van der Waals surface area contributed by atoms with E-state index in [-0.39, 0.29) is 11.9 Å². The molecule has 0 saturated carbocycles. The molecule has 0 spiro atoms. The highest BCUT2D eigenvalue weighted by Crippen LogP contribution is 2.47. The molecule has 27 heavy (non-hydrogen) atoms. The van der Waals surface area contributed by atoms with Crippen LogP contribution in [0.4, 0.5) is 0 Å². The average molecular weight is 395 g/mol. The van der Waals surface area contributed by atoms with Crippen LogP contribution in [0.2, 0.25) is 5.02 Å². The summed E-state index contributed by atoms with van der Waals surface area (Å²) in [5, 5.41) is 1.54. The molecule has 1 fully saturated rings. The van der Waals surface area contributed by atoms with Crippen LogP contribution in [0.15, 0.2) is 53.0 Å². The maximum absolute atomic E-state index is 12.7. The van der Waals surface area contributed by atoms with Crippen molar-refractivity contribution in [1.29, 1.82) is 0 Å². The van der Waals surface area contributed by atoms with Gasteiger partial charge >= 0.3 is 0 Å². The van der Waals surface area contributed by atoms with Gasteiger partial charge in [0, 0.05) is 10.6 Å². The molecule has 2 aromatic carbocycles. The lowest BCUT2D eigenvalue weighted by atomic mass is 9.90. The van der Waals surface area contributed by atoms with Crippen molar-refractivity contribution >= 4 is 40.1 Å². The summed E-state index contributed by atoms with van der Waals surface area (Å²) in [4.78, 5) is 19.6. The van der Waals surface area contributed by atoms with Gasteiger partial charge in [0.2, 0.25) is 5.91 Å². The van der Waals surface area contributed by atoms with E-state index < -0.39 is 0 Å². The van der Waals surface area contributed by atoms with Crippen molar-refractivity contribution in [2.45, 2.75) is 32.2 Å². The number of aliphatic imine (C=N–C) groups is 1. The minimum atomic E-state index is -0.0845. The van der Waals surface area contributed by atoms with E-state index in [1.165, 1.54) is 22.3 Å². The van der Waals surface area contributed by atoms with Crippen molar-refractivity contribution in [3.63, 3.8) is 0 Å². The van der Waals surface area contributed by atoms with Crippen LogP contribution >= 0.6 is 23.4 Å². The normalized spacial score (nSPS) is 21.4. The Morgan fingerprint density at radius 2 is 1.96 bits per heavy atom. The number of carbonyl (C=O) groups excluding carboxylic acids is 1. The van der Waals surface area contributed by atoms with E-state index in [9.17, 15) is 4.79 Å². The van der Waals surface area contributed by atoms with Gasteiger partial charge in [-0.2, -0.15) is 0 Å². The van der Waals surface area contributed by atoms with E-state index in [2.05, 4.69) is 25.1 Å². The zero-order chi connectivity index (χ0) is 18.5. The molecule has 0 N–H and O–H groups in total. The van der Waals surface area contributed by atoms with Crippen molar-refractivity contribution in [1.82, 2.24) is 4.90 Å². The van der Waals surface area contributed by atoms with Crippen molar-refractivity contribution in [2.24, 2.45) is 4.99 Å². The first-order chi connectivity index (χ1) is 13.1. The molecule has 1 atom stereocenters. The molecule has 0 radical (unpaired) electrons. The molecule has 2 aromatic rings. The number of rotatable bonds is 1. The van der Waals surface area contributed by atoms with Crippen LogP contribution in [0, 0.1) is 6.92 Å². The minimum absolute atomic E-state index is 0.0845. The van der Waals surface area contributed by atoms with Gasteiger partial charge in [-0.25, -0.2) is 4.99 Å². The van der Waals surface area contributed by atoms with Gasteiger partial charge in [0.25, 0.3) is 0 Å². The van der Waals surface area contributed by atoms with Gasteiger partial charge in [-0.1, -0.05) is 53.2 Å². The smallest absolute Gasteiger partial charge is 0.239 e. The second-order valence-corrected chi connectivity index (χ2v) is 8.67. The highest BCUT2D eigenvalue weighted by Gasteiger charge is 2.41. The van der Waals surface area contributed by atoms with E-state index >= 15 is 0 Å². The van der Waals surface area contributed by atoms with Crippen LogP contribution in [0.25, 0.3) is 5.70 Å². The Labute approximate surface area is 168 Å². The maximum atomic E-state index is 12.7. The molecule has 3 nitrogen and oxygen atoms in total. The average Bonchev–Trinajstić information content (AvgIpc) is 2.93. The largest absolute Gasteiger partial charge is 0.279 e. The third-order valence-corrected chi connectivity index (χ3v) is 6.69. The van der Waals surface area contributed by atoms with Crippen LogP contribution < -0.4 is 0 Å². The fourth-order valence-corrected chi connectivity index (χ4v) is 5.27. The molecule has 1 unspecified atom stereocenters. The quantitative estimate of drug-likeness (QED) is 0.650. The molecule has 5 rings (SSSR count). The molecule has 136 valence electrons. The van der Waals surface area contributed by atoms with Gasteiger partial charge in [0.15, 0.2) is 5.17 Å². The second kappa shape index (κ2) is 6.54. The molecule has 2 aliphatic heterocycles. The second-order valence-electron chi connectivity index (χ2n) is 7.29. The summed E-state index contributed by atoms with van der Waals surface area (Å²) in [5.41, 5.74) is 7.25. The number of fused-ring (bicyclic) bond motifs is 3. The summed E-state index contributed by atoms with van der Waals surface area (Å²) < 4.78 is 0. The number of amides is 1. The zero-order valence-corrected chi connectivity index (χ0v) is 16.6. The first kappa shape index (κ1) is 17.1. The summed E-state index contributed by atoms with van der Waals surface area (Å²) in [5.74, 6) is 0.600. The molecular formula is C22H19ClN2OS. The standard InChI is InChI=1S/C22H19ClN2OS/c1-13-5-6-14-3-2-4-17-20(18(14)11-13)24-22-25(19(26)12-27-22)21(17)15-7-9-16(23)10-8-15/h5-11,21H,2-4,12H2,1H3. The molecule has 0 aromatic heterocycles. The van der Waals surface area contributed by atoms with Crippen molar-refractivity contribution in [3.05, 3.63) is 75.3 Å². The highest BCUT2D eigenvalue weighted by molar-refractivity contribution is 8.15. The van der Waals surface area contributed by atoms with Crippen molar-refractivity contribution in [2.75, 3.05) is 5.75 Å². The summed E-state index contributed by atoms with van der Waals surface area (Å²) >= 11 is 7.66. The topological polar surface area (TPSA) is 32.7 Å². The predicted octanol–water partition coefficient (Wildman–Crippen LogP) is 5.38. The molecule has 5 heteroatoms. The summed E-state index contributed by atoms with van der Waals surface area (Å²) in [6.45, 7) is 2.12. The Morgan fingerprint density at radius 3 is 2.78 bits per heavy atom. The number of amidine groups is 1. The first-order valence-corrected chi connectivity index (χ1v) is 10.6.